The number of anilines is 1. The van der Waals surface area contributed by atoms with Crippen LogP contribution in [0.2, 0.25) is 0 Å². The summed E-state index contributed by atoms with van der Waals surface area (Å²) in [4.78, 5) is 32.7. The lowest BCUT2D eigenvalue weighted by Gasteiger charge is -2.25. The van der Waals surface area contributed by atoms with Crippen LogP contribution >= 0.6 is 11.3 Å². The van der Waals surface area contributed by atoms with Crippen molar-refractivity contribution in [3.63, 3.8) is 0 Å². The Labute approximate surface area is 131 Å². The van der Waals surface area contributed by atoms with Crippen LogP contribution in [0.4, 0.5) is 5.69 Å². The Morgan fingerprint density at radius 3 is 3.18 bits per heavy atom. The fourth-order valence-electron chi connectivity index (χ4n) is 2.50. The number of carboxylic acid groups (broad SMARTS) is 1. The molecule has 2 aromatic heterocycles. The number of nitrogens with zero attached hydrogens (tertiary/aromatic N) is 2. The number of amides is 1. The molecule has 3 N–H and O–H groups in total. The summed E-state index contributed by atoms with van der Waals surface area (Å²) in [6.07, 6.45) is 2.91. The summed E-state index contributed by atoms with van der Waals surface area (Å²) in [7, 11) is 0. The number of aromatic carboxylic acids is 1. The van der Waals surface area contributed by atoms with Crippen LogP contribution in [0.25, 0.3) is 0 Å². The minimum absolute atomic E-state index is 0.161. The number of thiophene rings is 1. The van der Waals surface area contributed by atoms with E-state index >= 15 is 0 Å². The molecule has 0 aliphatic carbocycles. The summed E-state index contributed by atoms with van der Waals surface area (Å²) in [5, 5.41) is 13.3. The average Bonchev–Trinajstić information content (AvgIpc) is 3.13. The minimum Gasteiger partial charge on any atom is -0.477 e. The second-order valence-corrected chi connectivity index (χ2v) is 6.04. The summed E-state index contributed by atoms with van der Waals surface area (Å²) < 4.78 is 0. The molecule has 0 aromatic carbocycles. The van der Waals surface area contributed by atoms with Crippen molar-refractivity contribution in [2.75, 3.05) is 18.4 Å². The number of carboxylic acids is 1. The quantitative estimate of drug-likeness (QED) is 0.776. The normalized spacial score (nSPS) is 14.5. The third kappa shape index (κ3) is 3.18. The van der Waals surface area contributed by atoms with E-state index in [2.05, 4.69) is 20.2 Å². The first kappa shape index (κ1) is 14.7. The number of aromatic amines is 1. The lowest BCUT2D eigenvalue weighted by Crippen LogP contribution is -2.33. The molecule has 0 saturated heterocycles. The van der Waals surface area contributed by atoms with Crippen LogP contribution in [0, 0.1) is 0 Å². The van der Waals surface area contributed by atoms with Gasteiger partial charge in [0.25, 0.3) is 0 Å². The topological polar surface area (TPSA) is 98.3 Å². The van der Waals surface area contributed by atoms with Gasteiger partial charge in [-0.05, 0) is 11.4 Å². The summed E-state index contributed by atoms with van der Waals surface area (Å²) in [5.74, 6) is -1.19. The van der Waals surface area contributed by atoms with Crippen molar-refractivity contribution < 1.29 is 14.7 Å². The Kier molecular flexibility index (Phi) is 4.21. The predicted molar refractivity (Wildman–Crippen MR) is 82.1 cm³/mol. The van der Waals surface area contributed by atoms with Gasteiger partial charge >= 0.3 is 5.97 Å². The van der Waals surface area contributed by atoms with Crippen LogP contribution in [0.3, 0.4) is 0 Å². The number of nitrogens with one attached hydrogen (secondary N) is 2. The SMILES string of the molecule is O=C(CCN1CCc2nc[nH]c2C1)Nc1ccsc1C(=O)O. The highest BCUT2D eigenvalue weighted by Gasteiger charge is 2.19. The molecule has 0 atom stereocenters. The molecule has 8 heteroatoms. The van der Waals surface area contributed by atoms with Crippen molar-refractivity contribution in [2.24, 2.45) is 0 Å². The van der Waals surface area contributed by atoms with Crippen molar-refractivity contribution in [3.8, 4) is 0 Å². The fraction of sp³-hybridized carbons (Fsp3) is 0.357. The van der Waals surface area contributed by atoms with Crippen molar-refractivity contribution in [1.29, 1.82) is 0 Å². The van der Waals surface area contributed by atoms with E-state index in [1.807, 2.05) is 0 Å². The number of hydrogen-bond acceptors (Lipinski definition) is 5. The van der Waals surface area contributed by atoms with Crippen LogP contribution in [-0.4, -0.2) is 44.9 Å². The molecule has 0 spiro atoms. The van der Waals surface area contributed by atoms with Gasteiger partial charge in [0.05, 0.1) is 23.4 Å². The Morgan fingerprint density at radius 2 is 2.36 bits per heavy atom. The first-order valence-corrected chi connectivity index (χ1v) is 7.85. The van der Waals surface area contributed by atoms with Crippen LogP contribution < -0.4 is 5.32 Å². The number of H-pyrrole nitrogens is 1. The number of imidazole rings is 1. The second-order valence-electron chi connectivity index (χ2n) is 5.12. The van der Waals surface area contributed by atoms with Crippen LogP contribution in [0.1, 0.15) is 27.5 Å². The van der Waals surface area contributed by atoms with Crippen molar-refractivity contribution in [1.82, 2.24) is 14.9 Å². The molecular formula is C14H16N4O3S. The van der Waals surface area contributed by atoms with E-state index in [4.69, 9.17) is 5.11 Å². The lowest BCUT2D eigenvalue weighted by atomic mass is 10.1. The van der Waals surface area contributed by atoms with Gasteiger partial charge in [-0.1, -0.05) is 0 Å². The van der Waals surface area contributed by atoms with E-state index < -0.39 is 5.97 Å². The van der Waals surface area contributed by atoms with Crippen LogP contribution in [0.5, 0.6) is 0 Å². The smallest absolute Gasteiger partial charge is 0.348 e. The number of fused-ring (bicyclic) bond motifs is 1. The van der Waals surface area contributed by atoms with E-state index in [9.17, 15) is 9.59 Å². The number of carbonyl (C=O) groups excluding carboxylic acids is 1. The summed E-state index contributed by atoms with van der Waals surface area (Å²) in [5.41, 5.74) is 2.58. The molecule has 2 aromatic rings. The van der Waals surface area contributed by atoms with Gasteiger partial charge in [0, 0.05) is 32.5 Å². The Morgan fingerprint density at radius 1 is 1.50 bits per heavy atom. The molecular weight excluding hydrogens is 304 g/mol. The highest BCUT2D eigenvalue weighted by atomic mass is 32.1. The Balaban J connectivity index is 1.51. The third-order valence-corrected chi connectivity index (χ3v) is 4.55. The summed E-state index contributed by atoms with van der Waals surface area (Å²) in [6.45, 7) is 2.28. The third-order valence-electron chi connectivity index (χ3n) is 3.64. The Hall–Kier alpha value is -2.19. The second kappa shape index (κ2) is 6.29. The van der Waals surface area contributed by atoms with E-state index in [0.717, 1.165) is 42.2 Å². The van der Waals surface area contributed by atoms with E-state index in [0.29, 0.717) is 18.7 Å². The molecule has 1 aliphatic rings. The van der Waals surface area contributed by atoms with Gasteiger partial charge in [-0.25, -0.2) is 9.78 Å². The number of hydrogen-bond donors (Lipinski definition) is 3. The van der Waals surface area contributed by atoms with E-state index in [1.165, 1.54) is 0 Å². The van der Waals surface area contributed by atoms with E-state index in [1.54, 1.807) is 17.8 Å². The summed E-state index contributed by atoms with van der Waals surface area (Å²) in [6, 6.07) is 1.61. The highest BCUT2D eigenvalue weighted by Crippen LogP contribution is 2.22. The standard InChI is InChI=1S/C14H16N4O3S/c19-12(17-10-3-6-22-13(10)14(20)21)2-5-18-4-1-9-11(7-18)16-8-15-9/h3,6,8H,1-2,4-5,7H2,(H,15,16)(H,17,19)(H,20,21). The van der Waals surface area contributed by atoms with Gasteiger partial charge < -0.3 is 15.4 Å². The number of aromatic nitrogens is 2. The minimum atomic E-state index is -1.02. The first-order valence-electron chi connectivity index (χ1n) is 6.97. The molecule has 22 heavy (non-hydrogen) atoms. The van der Waals surface area contributed by atoms with Gasteiger partial charge in [-0.2, -0.15) is 0 Å². The number of carbonyl (C=O) groups is 2. The molecule has 3 rings (SSSR count). The zero-order valence-corrected chi connectivity index (χ0v) is 12.7. The monoisotopic (exact) mass is 320 g/mol. The zero-order chi connectivity index (χ0) is 15.5. The van der Waals surface area contributed by atoms with Crippen LogP contribution in [0.15, 0.2) is 17.8 Å². The molecule has 1 amide bonds. The highest BCUT2D eigenvalue weighted by molar-refractivity contribution is 7.12. The molecule has 116 valence electrons. The zero-order valence-electron chi connectivity index (χ0n) is 11.8. The van der Waals surface area contributed by atoms with Crippen molar-refractivity contribution in [2.45, 2.75) is 19.4 Å². The maximum absolute atomic E-state index is 12.0. The van der Waals surface area contributed by atoms with Gasteiger partial charge in [0.2, 0.25) is 5.91 Å². The predicted octanol–water partition coefficient (Wildman–Crippen LogP) is 1.56. The molecule has 0 bridgehead atoms. The number of rotatable bonds is 5. The largest absolute Gasteiger partial charge is 0.477 e. The molecule has 0 fully saturated rings. The lowest BCUT2D eigenvalue weighted by molar-refractivity contribution is -0.116. The van der Waals surface area contributed by atoms with Gasteiger partial charge in [-0.15, -0.1) is 11.3 Å². The molecule has 0 unspecified atom stereocenters. The Bertz CT molecular complexity index is 694. The maximum Gasteiger partial charge on any atom is 0.348 e. The molecule has 3 heterocycles. The molecule has 0 radical (unpaired) electrons. The maximum atomic E-state index is 12.0. The van der Waals surface area contributed by atoms with Gasteiger partial charge in [0.15, 0.2) is 0 Å². The summed E-state index contributed by atoms with van der Waals surface area (Å²) >= 11 is 1.10. The molecule has 0 saturated carbocycles. The average molecular weight is 320 g/mol. The van der Waals surface area contributed by atoms with Crippen molar-refractivity contribution in [3.05, 3.63) is 34.0 Å². The van der Waals surface area contributed by atoms with E-state index in [-0.39, 0.29) is 10.8 Å². The molecule has 7 nitrogen and oxygen atoms in total. The molecule has 1 aliphatic heterocycles. The fourth-order valence-corrected chi connectivity index (χ4v) is 3.19. The van der Waals surface area contributed by atoms with Crippen molar-refractivity contribution >= 4 is 28.9 Å². The first-order chi connectivity index (χ1) is 10.6. The van der Waals surface area contributed by atoms with Crippen LogP contribution in [-0.2, 0) is 17.8 Å². The van der Waals surface area contributed by atoms with Gasteiger partial charge in [-0.3, -0.25) is 9.69 Å². The van der Waals surface area contributed by atoms with Gasteiger partial charge in [0.1, 0.15) is 4.88 Å².